The Bertz CT molecular complexity index is 620. The quantitative estimate of drug-likeness (QED) is 0.543. The Hall–Kier alpha value is -1.80. The van der Waals surface area contributed by atoms with E-state index in [4.69, 9.17) is 0 Å². The van der Waals surface area contributed by atoms with Crippen LogP contribution >= 0.6 is 0 Å². The molecule has 0 unspecified atom stereocenters. The van der Waals surface area contributed by atoms with Gasteiger partial charge in [0.05, 0.1) is 0 Å². The molecule has 97 valence electrons. The minimum Gasteiger partial charge on any atom is -0.245 e. The molecule has 0 amide bonds. The average molecular weight is 337 g/mol. The first-order valence-corrected chi connectivity index (χ1v) is 5.83. The van der Waals surface area contributed by atoms with E-state index in [1.807, 2.05) is 42.5 Å². The predicted octanol–water partition coefficient (Wildman–Crippen LogP) is 2.66. The molecule has 0 atom stereocenters. The number of rotatable bonds is 3. The first-order valence-electron chi connectivity index (χ1n) is 5.83. The van der Waals surface area contributed by atoms with Gasteiger partial charge in [-0.1, -0.05) is 30.3 Å². The molecule has 0 aliphatic heterocycles. The molecule has 0 bridgehead atoms. The van der Waals surface area contributed by atoms with Crippen LogP contribution in [0.2, 0.25) is 0 Å². The topological polar surface area (TPSA) is 30.7 Å². The van der Waals surface area contributed by atoms with Crippen molar-refractivity contribution in [2.24, 2.45) is 0 Å². The van der Waals surface area contributed by atoms with Crippen molar-refractivity contribution in [1.29, 1.82) is 0 Å². The van der Waals surface area contributed by atoms with E-state index >= 15 is 0 Å². The molecular weight excluding hydrogens is 325 g/mol. The Morgan fingerprint density at radius 1 is 1.00 bits per heavy atom. The minimum atomic E-state index is 0. The fourth-order valence-electron chi connectivity index (χ4n) is 1.80. The van der Waals surface area contributed by atoms with Gasteiger partial charge in [0.15, 0.2) is 5.82 Å². The molecule has 0 spiro atoms. The SMILES string of the molecule is [Rh].[c-]1ccccc1-n1cnc(Cc2ccccc2)n1. The maximum Gasteiger partial charge on any atom is 0.155 e. The summed E-state index contributed by atoms with van der Waals surface area (Å²) in [6.07, 6.45) is 2.48. The van der Waals surface area contributed by atoms with Crippen LogP contribution in [0.4, 0.5) is 0 Å². The number of nitrogens with zero attached hydrogens (tertiary/aromatic N) is 3. The third-order valence-corrected chi connectivity index (χ3v) is 2.68. The van der Waals surface area contributed by atoms with Gasteiger partial charge in [-0.15, -0.1) is 6.07 Å². The van der Waals surface area contributed by atoms with Crippen LogP contribution in [0.3, 0.4) is 0 Å². The molecule has 0 aliphatic rings. The second kappa shape index (κ2) is 6.39. The second-order valence-corrected chi connectivity index (χ2v) is 4.02. The molecular formula is C15H12N3Rh-. The molecule has 0 aliphatic carbocycles. The van der Waals surface area contributed by atoms with Gasteiger partial charge in [0, 0.05) is 25.9 Å². The normalized spacial score (nSPS) is 9.89. The number of hydrogen-bond acceptors (Lipinski definition) is 2. The summed E-state index contributed by atoms with van der Waals surface area (Å²) < 4.78 is 1.75. The molecule has 1 radical (unpaired) electrons. The van der Waals surface area contributed by atoms with Crippen molar-refractivity contribution in [2.75, 3.05) is 0 Å². The van der Waals surface area contributed by atoms with Crippen LogP contribution < -0.4 is 0 Å². The van der Waals surface area contributed by atoms with Gasteiger partial charge in [-0.25, -0.2) is 9.67 Å². The van der Waals surface area contributed by atoms with Gasteiger partial charge >= 0.3 is 0 Å². The Labute approximate surface area is 125 Å². The fourth-order valence-corrected chi connectivity index (χ4v) is 1.80. The minimum absolute atomic E-state index is 0. The summed E-state index contributed by atoms with van der Waals surface area (Å²) in [5.74, 6) is 0.818. The maximum atomic E-state index is 4.45. The summed E-state index contributed by atoms with van der Waals surface area (Å²) in [5, 5.41) is 4.45. The summed E-state index contributed by atoms with van der Waals surface area (Å²) >= 11 is 0. The van der Waals surface area contributed by atoms with Crippen molar-refractivity contribution in [3.8, 4) is 5.69 Å². The summed E-state index contributed by atoms with van der Waals surface area (Å²) in [5.41, 5.74) is 2.12. The van der Waals surface area contributed by atoms with Gasteiger partial charge in [-0.3, -0.25) is 0 Å². The Morgan fingerprint density at radius 2 is 1.79 bits per heavy atom. The van der Waals surface area contributed by atoms with Crippen molar-refractivity contribution in [2.45, 2.75) is 6.42 Å². The van der Waals surface area contributed by atoms with E-state index in [0.29, 0.717) is 0 Å². The Balaban J connectivity index is 0.00000133. The standard InChI is InChI=1S/C15H12N3.Rh/c1-3-7-13(8-4-1)11-15-16-12-18(17-15)14-9-5-2-6-10-14;/h1-9,12H,11H2;/q-1;. The van der Waals surface area contributed by atoms with E-state index in [1.54, 1.807) is 11.0 Å². The molecule has 1 aromatic heterocycles. The number of para-hydroxylation sites is 1. The van der Waals surface area contributed by atoms with Crippen molar-refractivity contribution in [1.82, 2.24) is 14.8 Å². The monoisotopic (exact) mass is 337 g/mol. The largest absolute Gasteiger partial charge is 0.245 e. The summed E-state index contributed by atoms with van der Waals surface area (Å²) in [6, 6.07) is 21.1. The van der Waals surface area contributed by atoms with E-state index in [1.165, 1.54) is 5.56 Å². The molecule has 3 nitrogen and oxygen atoms in total. The van der Waals surface area contributed by atoms with Crippen molar-refractivity contribution in [3.63, 3.8) is 0 Å². The van der Waals surface area contributed by atoms with E-state index in [9.17, 15) is 0 Å². The third kappa shape index (κ3) is 3.36. The molecule has 0 saturated carbocycles. The van der Waals surface area contributed by atoms with E-state index in [0.717, 1.165) is 17.9 Å². The fraction of sp³-hybridized carbons (Fsp3) is 0.0667. The summed E-state index contributed by atoms with van der Waals surface area (Å²) in [7, 11) is 0. The molecule has 0 fully saturated rings. The van der Waals surface area contributed by atoms with Crippen LogP contribution in [-0.2, 0) is 25.9 Å². The molecule has 3 aromatic rings. The van der Waals surface area contributed by atoms with E-state index in [-0.39, 0.29) is 19.5 Å². The van der Waals surface area contributed by atoms with Crippen LogP contribution in [0.15, 0.2) is 60.9 Å². The zero-order valence-corrected chi connectivity index (χ0v) is 11.8. The van der Waals surface area contributed by atoms with E-state index < -0.39 is 0 Å². The first-order chi connectivity index (χ1) is 8.92. The molecule has 4 heteroatoms. The molecule has 3 rings (SSSR count). The molecule has 1 heterocycles. The number of benzene rings is 2. The molecule has 2 aromatic carbocycles. The zero-order valence-electron chi connectivity index (χ0n) is 10.2. The van der Waals surface area contributed by atoms with Crippen LogP contribution in [0.5, 0.6) is 0 Å². The van der Waals surface area contributed by atoms with Crippen molar-refractivity contribution < 1.29 is 19.5 Å². The van der Waals surface area contributed by atoms with Crippen molar-refractivity contribution >= 4 is 0 Å². The Kier molecular flexibility index (Phi) is 4.59. The van der Waals surface area contributed by atoms with Gasteiger partial charge in [0.2, 0.25) is 0 Å². The number of aromatic nitrogens is 3. The van der Waals surface area contributed by atoms with Gasteiger partial charge in [-0.05, 0) is 11.3 Å². The molecule has 0 N–H and O–H groups in total. The third-order valence-electron chi connectivity index (χ3n) is 2.68. The van der Waals surface area contributed by atoms with Gasteiger partial charge in [-0.2, -0.15) is 29.4 Å². The maximum absolute atomic E-state index is 4.45. The molecule has 19 heavy (non-hydrogen) atoms. The summed E-state index contributed by atoms with van der Waals surface area (Å²) in [4.78, 5) is 4.32. The Morgan fingerprint density at radius 3 is 2.53 bits per heavy atom. The van der Waals surface area contributed by atoms with E-state index in [2.05, 4.69) is 28.3 Å². The summed E-state index contributed by atoms with van der Waals surface area (Å²) in [6.45, 7) is 0. The van der Waals surface area contributed by atoms with Crippen LogP contribution in [-0.4, -0.2) is 14.8 Å². The predicted molar refractivity (Wildman–Crippen MR) is 69.4 cm³/mol. The van der Waals surface area contributed by atoms with Gasteiger partial charge in [0.25, 0.3) is 0 Å². The van der Waals surface area contributed by atoms with Crippen LogP contribution in [0.1, 0.15) is 11.4 Å². The van der Waals surface area contributed by atoms with Gasteiger partial charge in [0.1, 0.15) is 6.33 Å². The van der Waals surface area contributed by atoms with Crippen LogP contribution in [0.25, 0.3) is 5.69 Å². The van der Waals surface area contributed by atoms with Crippen LogP contribution in [0, 0.1) is 6.07 Å². The smallest absolute Gasteiger partial charge is 0.155 e. The second-order valence-electron chi connectivity index (χ2n) is 4.02. The molecule has 0 saturated heterocycles. The number of hydrogen-bond donors (Lipinski definition) is 0. The first kappa shape index (κ1) is 13.6. The average Bonchev–Trinajstić information content (AvgIpc) is 2.89. The van der Waals surface area contributed by atoms with Gasteiger partial charge < -0.3 is 0 Å². The zero-order chi connectivity index (χ0) is 12.2. The van der Waals surface area contributed by atoms with Crippen molar-refractivity contribution in [3.05, 3.63) is 78.4 Å².